The van der Waals surface area contributed by atoms with E-state index in [9.17, 15) is 40.2 Å². The molecule has 6 rings (SSSR count). The molecule has 1 aromatic rings. The molecule has 0 unspecified atom stereocenters. The number of rotatable bonds is 13. The number of carbonyl (C=O) groups is 2. The molecule has 286 valence electrons. The average Bonchev–Trinajstić information content (AvgIpc) is 3.98. The van der Waals surface area contributed by atoms with Crippen LogP contribution in [-0.4, -0.2) is 124 Å². The van der Waals surface area contributed by atoms with Gasteiger partial charge in [0.25, 0.3) is 0 Å². The van der Waals surface area contributed by atoms with E-state index in [1.54, 1.807) is 37.3 Å². The van der Waals surface area contributed by atoms with Crippen LogP contribution >= 0.6 is 0 Å². The standard InChI is InChI=1S/C37H54O14.Na/c1-19-27(39)29(41)30(42)36(46-19)51-31-23(21-15-16-21)13-8-14-24(31)48-37-33(50-35(45)22-11-6-3-7-12-22)32(28(40)26(18-38)49-37)47-25(34(43)44)17-20-9-4-2-5-10-20;/h3,6-7,11-12,19-21,23-33,36-42H,2,4-5,8-10,13-18H2,1H3,(H,43,44);/q;+1/p-1/t19-,23+,24+,25-,26+,27+,28-,29+,30-,31+,32-,33+,36-,37+;/m0./s1. The molecule has 0 amide bonds. The van der Waals surface area contributed by atoms with Crippen LogP contribution in [0.15, 0.2) is 30.3 Å². The number of ether oxygens (including phenoxy) is 6. The summed E-state index contributed by atoms with van der Waals surface area (Å²) in [6, 6.07) is 8.14. The van der Waals surface area contributed by atoms with Crippen LogP contribution < -0.4 is 34.7 Å². The van der Waals surface area contributed by atoms with Crippen molar-refractivity contribution >= 4 is 11.9 Å². The molecule has 0 bridgehead atoms. The number of carbonyl (C=O) groups excluding carboxylic acids is 2. The molecule has 3 aliphatic carbocycles. The number of aliphatic hydroxyl groups excluding tert-OH is 5. The monoisotopic (exact) mass is 744 g/mol. The van der Waals surface area contributed by atoms with E-state index >= 15 is 0 Å². The fourth-order valence-corrected chi connectivity index (χ4v) is 8.29. The first-order valence-electron chi connectivity index (χ1n) is 18.6. The fourth-order valence-electron chi connectivity index (χ4n) is 8.29. The van der Waals surface area contributed by atoms with Gasteiger partial charge in [-0.3, -0.25) is 0 Å². The van der Waals surface area contributed by atoms with Crippen LogP contribution in [0.2, 0.25) is 0 Å². The maximum atomic E-state index is 13.5. The van der Waals surface area contributed by atoms with E-state index in [0.29, 0.717) is 12.3 Å². The average molecular weight is 745 g/mol. The summed E-state index contributed by atoms with van der Waals surface area (Å²) in [7, 11) is 0. The van der Waals surface area contributed by atoms with Crippen LogP contribution in [0.1, 0.15) is 87.9 Å². The first kappa shape index (κ1) is 41.9. The Morgan fingerprint density at radius 1 is 0.808 bits per heavy atom. The summed E-state index contributed by atoms with van der Waals surface area (Å²) in [5, 5.41) is 65.8. The molecule has 0 spiro atoms. The van der Waals surface area contributed by atoms with Gasteiger partial charge in [0.05, 0.1) is 42.6 Å². The van der Waals surface area contributed by atoms with Crippen molar-refractivity contribution in [2.24, 2.45) is 17.8 Å². The Labute approximate surface area is 326 Å². The predicted molar refractivity (Wildman–Crippen MR) is 174 cm³/mol. The fraction of sp³-hybridized carbons (Fsp3) is 0.784. The number of esters is 1. The third-order valence-electron chi connectivity index (χ3n) is 11.4. The van der Waals surface area contributed by atoms with E-state index in [1.165, 1.54) is 0 Å². The van der Waals surface area contributed by atoms with Crippen molar-refractivity contribution in [1.82, 2.24) is 0 Å². The zero-order chi connectivity index (χ0) is 36.2. The van der Waals surface area contributed by atoms with Crippen molar-refractivity contribution in [3.8, 4) is 0 Å². The van der Waals surface area contributed by atoms with Gasteiger partial charge in [-0.15, -0.1) is 0 Å². The number of aliphatic hydroxyl groups is 5. The molecule has 1 aromatic carbocycles. The molecule has 5 fully saturated rings. The van der Waals surface area contributed by atoms with Crippen LogP contribution in [0, 0.1) is 17.8 Å². The first-order valence-corrected chi connectivity index (χ1v) is 18.6. The van der Waals surface area contributed by atoms with Gasteiger partial charge in [-0.25, -0.2) is 4.79 Å². The van der Waals surface area contributed by atoms with E-state index in [-0.39, 0.29) is 53.4 Å². The maximum absolute atomic E-state index is 13.5. The molecular weight excluding hydrogens is 691 g/mol. The Bertz CT molecular complexity index is 1280. The molecule has 52 heavy (non-hydrogen) atoms. The third kappa shape index (κ3) is 9.94. The van der Waals surface area contributed by atoms with Gasteiger partial charge in [0.1, 0.15) is 36.6 Å². The van der Waals surface area contributed by atoms with Crippen LogP contribution in [0.3, 0.4) is 0 Å². The van der Waals surface area contributed by atoms with E-state index in [2.05, 4.69) is 0 Å². The van der Waals surface area contributed by atoms with Crippen LogP contribution in [0.5, 0.6) is 0 Å². The van der Waals surface area contributed by atoms with E-state index < -0.39 is 98.3 Å². The summed E-state index contributed by atoms with van der Waals surface area (Å²) in [6.07, 6.45) is -7.85. The zero-order valence-corrected chi connectivity index (χ0v) is 32.0. The van der Waals surface area contributed by atoms with Crippen LogP contribution in [-0.2, 0) is 33.2 Å². The Hall–Kier alpha value is -1.24. The minimum absolute atomic E-state index is 0. The van der Waals surface area contributed by atoms with Crippen LogP contribution in [0.25, 0.3) is 0 Å². The molecule has 3 saturated carbocycles. The normalized spacial score (nSPS) is 39.2. The van der Waals surface area contributed by atoms with E-state index in [0.717, 1.165) is 57.8 Å². The molecule has 15 heteroatoms. The Kier molecular flexibility index (Phi) is 15.4. The second kappa shape index (κ2) is 19.1. The number of carboxylic acids is 1. The van der Waals surface area contributed by atoms with Gasteiger partial charge < -0.3 is 63.9 Å². The molecule has 14 atom stereocenters. The minimum Gasteiger partial charge on any atom is -0.547 e. The second-order valence-corrected chi connectivity index (χ2v) is 15.0. The van der Waals surface area contributed by atoms with Gasteiger partial charge in [-0.2, -0.15) is 0 Å². The van der Waals surface area contributed by atoms with Gasteiger partial charge in [0.15, 0.2) is 18.7 Å². The van der Waals surface area contributed by atoms with Crippen LogP contribution in [0.4, 0.5) is 0 Å². The molecular formula is C37H53NaO14. The van der Waals surface area contributed by atoms with E-state index in [1.807, 2.05) is 0 Å². The Balaban J connectivity index is 0.00000523. The number of carboxylic acid groups (broad SMARTS) is 1. The number of hydrogen-bond donors (Lipinski definition) is 5. The summed E-state index contributed by atoms with van der Waals surface area (Å²) in [6.45, 7) is 0.897. The molecule has 5 aliphatic rings. The van der Waals surface area contributed by atoms with Crippen molar-refractivity contribution in [3.05, 3.63) is 35.9 Å². The molecule has 14 nitrogen and oxygen atoms in total. The summed E-state index contributed by atoms with van der Waals surface area (Å²) >= 11 is 0. The summed E-state index contributed by atoms with van der Waals surface area (Å²) in [5.74, 6) is -1.88. The molecule has 0 aromatic heterocycles. The van der Waals surface area contributed by atoms with Gasteiger partial charge in [0.2, 0.25) is 0 Å². The topological polar surface area (TPSA) is 214 Å². The molecule has 0 radical (unpaired) electrons. The smallest absolute Gasteiger partial charge is 0.547 e. The van der Waals surface area contributed by atoms with Gasteiger partial charge >= 0.3 is 35.5 Å². The second-order valence-electron chi connectivity index (χ2n) is 15.0. The number of benzene rings is 1. The zero-order valence-electron chi connectivity index (χ0n) is 30.0. The van der Waals surface area contributed by atoms with Crippen molar-refractivity contribution in [2.75, 3.05) is 6.61 Å². The maximum Gasteiger partial charge on any atom is 1.00 e. The Morgan fingerprint density at radius 3 is 2.17 bits per heavy atom. The third-order valence-corrected chi connectivity index (χ3v) is 11.4. The molecule has 5 N–H and O–H groups in total. The quantitative estimate of drug-likeness (QED) is 0.105. The van der Waals surface area contributed by atoms with E-state index in [4.69, 9.17) is 28.4 Å². The van der Waals surface area contributed by atoms with Crippen molar-refractivity contribution in [1.29, 1.82) is 0 Å². The SMILES string of the molecule is C[C@@H]1O[C@@H](O[C@@H]2[C@@H](C3CC3)CCC[C@H]2O[C@@H]2O[C@H](CO)[C@H](O)[C@H](O[C@@H](CC3CCCCC3)C(=O)[O-])[C@H]2OC(=O)c2ccccc2)[C@@H](O)[C@H](O)[C@@H]1O.[Na+]. The van der Waals surface area contributed by atoms with Crippen molar-refractivity contribution in [2.45, 2.75) is 157 Å². The summed E-state index contributed by atoms with van der Waals surface area (Å²) < 4.78 is 37.0. The summed E-state index contributed by atoms with van der Waals surface area (Å²) in [4.78, 5) is 26.0. The predicted octanol–water partition coefficient (Wildman–Crippen LogP) is -2.42. The van der Waals surface area contributed by atoms with Gasteiger partial charge in [-0.1, -0.05) is 56.7 Å². The largest absolute Gasteiger partial charge is 1.00 e. The van der Waals surface area contributed by atoms with Gasteiger partial charge in [0, 0.05) is 0 Å². The van der Waals surface area contributed by atoms with Crippen molar-refractivity contribution < 1.29 is 98.2 Å². The van der Waals surface area contributed by atoms with Crippen molar-refractivity contribution in [3.63, 3.8) is 0 Å². The Morgan fingerprint density at radius 2 is 1.52 bits per heavy atom. The molecule has 2 aliphatic heterocycles. The number of aliphatic carboxylic acids is 1. The molecule has 2 saturated heterocycles. The van der Waals surface area contributed by atoms with Gasteiger partial charge in [-0.05, 0) is 68.9 Å². The molecule has 2 heterocycles. The summed E-state index contributed by atoms with van der Waals surface area (Å²) in [5.41, 5.74) is 0.193. The number of hydrogen-bond acceptors (Lipinski definition) is 14. The first-order chi connectivity index (χ1) is 24.5. The minimum atomic E-state index is -1.60.